The summed E-state index contributed by atoms with van der Waals surface area (Å²) in [5.74, 6) is -0.971. The fourth-order valence-electron chi connectivity index (χ4n) is 3.42. The predicted octanol–water partition coefficient (Wildman–Crippen LogP) is 2.66. The van der Waals surface area contributed by atoms with Gasteiger partial charge in [0, 0.05) is 11.6 Å². The summed E-state index contributed by atoms with van der Waals surface area (Å²) in [6.07, 6.45) is 0.361. The van der Waals surface area contributed by atoms with Gasteiger partial charge in [-0.3, -0.25) is 19.9 Å². The molecule has 0 bridgehead atoms. The first kappa shape index (κ1) is 20.8. The molecule has 152 valence electrons. The summed E-state index contributed by atoms with van der Waals surface area (Å²) in [6.45, 7) is 2.26. The van der Waals surface area contributed by atoms with E-state index in [0.717, 1.165) is 10.6 Å². The van der Waals surface area contributed by atoms with Crippen molar-refractivity contribution in [2.24, 2.45) is 0 Å². The van der Waals surface area contributed by atoms with Gasteiger partial charge in [-0.2, -0.15) is 5.01 Å². The molecule has 1 aliphatic rings. The number of urea groups is 1. The molecule has 0 spiro atoms. The molecule has 2 aromatic rings. The molecule has 1 fully saturated rings. The van der Waals surface area contributed by atoms with Crippen molar-refractivity contribution in [3.05, 3.63) is 70.7 Å². The second kappa shape index (κ2) is 8.63. The third kappa shape index (κ3) is 4.26. The quantitative estimate of drug-likeness (QED) is 0.682. The Bertz CT molecular complexity index is 921. The zero-order chi connectivity index (χ0) is 21.0. The number of benzene rings is 2. The van der Waals surface area contributed by atoms with Gasteiger partial charge in [-0.1, -0.05) is 67.1 Å². The molecule has 7 nitrogen and oxygen atoms in total. The molecule has 1 heterocycles. The van der Waals surface area contributed by atoms with E-state index in [-0.39, 0.29) is 6.54 Å². The highest BCUT2D eigenvalue weighted by atomic mass is 35.5. The van der Waals surface area contributed by atoms with Crippen LogP contribution in [0.4, 0.5) is 4.79 Å². The number of amides is 4. The average molecular weight is 415 g/mol. The third-order valence-electron chi connectivity index (χ3n) is 4.94. The van der Waals surface area contributed by atoms with E-state index in [2.05, 4.69) is 10.7 Å². The number of carbonyl (C=O) groups excluding carboxylic acids is 3. The monoisotopic (exact) mass is 414 g/mol. The van der Waals surface area contributed by atoms with Crippen LogP contribution in [0.1, 0.15) is 24.5 Å². The first-order valence-electron chi connectivity index (χ1n) is 9.31. The number of imide groups is 1. The van der Waals surface area contributed by atoms with E-state index in [1.807, 2.05) is 31.2 Å². The van der Waals surface area contributed by atoms with Gasteiger partial charge in [0.15, 0.2) is 0 Å². The van der Waals surface area contributed by atoms with Crippen LogP contribution in [0.15, 0.2) is 54.6 Å². The van der Waals surface area contributed by atoms with Gasteiger partial charge in [0.05, 0.1) is 6.54 Å². The molecule has 0 unspecified atom stereocenters. The zero-order valence-electron chi connectivity index (χ0n) is 16.3. The maximum Gasteiger partial charge on any atom is 0.344 e. The summed E-state index contributed by atoms with van der Waals surface area (Å²) < 4.78 is 0. The predicted molar refractivity (Wildman–Crippen MR) is 110 cm³/mol. The number of nitrogens with zero attached hydrogens (tertiary/aromatic N) is 2. The molecule has 0 saturated carbocycles. The van der Waals surface area contributed by atoms with E-state index in [0.29, 0.717) is 23.6 Å². The molecular formula is C21H23ClN4O3. The molecule has 0 aliphatic carbocycles. The number of hydrogen-bond donors (Lipinski definition) is 2. The number of hydrazine groups is 1. The molecule has 0 aromatic heterocycles. The normalized spacial score (nSPS) is 18.8. The smallest absolute Gasteiger partial charge is 0.318 e. The molecule has 2 N–H and O–H groups in total. The minimum Gasteiger partial charge on any atom is -0.318 e. The van der Waals surface area contributed by atoms with Crippen LogP contribution in [0, 0.1) is 0 Å². The second-order valence-corrected chi connectivity index (χ2v) is 7.40. The first-order valence-corrected chi connectivity index (χ1v) is 9.69. The average Bonchev–Trinajstić information content (AvgIpc) is 2.95. The van der Waals surface area contributed by atoms with Gasteiger partial charge in [-0.25, -0.2) is 4.79 Å². The lowest BCUT2D eigenvalue weighted by Gasteiger charge is -2.25. The Kier molecular flexibility index (Phi) is 6.20. The molecule has 1 saturated heterocycles. The van der Waals surface area contributed by atoms with E-state index in [1.54, 1.807) is 42.3 Å². The van der Waals surface area contributed by atoms with Crippen LogP contribution < -0.4 is 10.7 Å². The number of hydrogen-bond acceptors (Lipinski definition) is 4. The van der Waals surface area contributed by atoms with Crippen LogP contribution in [0.25, 0.3) is 0 Å². The van der Waals surface area contributed by atoms with Gasteiger partial charge >= 0.3 is 6.03 Å². The third-order valence-corrected chi connectivity index (χ3v) is 5.31. The molecular weight excluding hydrogens is 392 g/mol. The summed E-state index contributed by atoms with van der Waals surface area (Å²) in [7, 11) is 1.76. The van der Waals surface area contributed by atoms with E-state index >= 15 is 0 Å². The number of rotatable bonds is 7. The van der Waals surface area contributed by atoms with E-state index in [9.17, 15) is 14.4 Å². The highest BCUT2D eigenvalue weighted by Gasteiger charge is 2.52. The van der Waals surface area contributed by atoms with Crippen molar-refractivity contribution in [1.82, 2.24) is 20.7 Å². The van der Waals surface area contributed by atoms with E-state index in [4.69, 9.17) is 11.6 Å². The highest BCUT2D eigenvalue weighted by Crippen LogP contribution is 2.31. The molecule has 8 heteroatoms. The maximum atomic E-state index is 13.0. The Morgan fingerprint density at radius 3 is 2.45 bits per heavy atom. The summed E-state index contributed by atoms with van der Waals surface area (Å²) in [6, 6.07) is 15.7. The lowest BCUT2D eigenvalue weighted by Crippen LogP contribution is -2.50. The lowest BCUT2D eigenvalue weighted by molar-refractivity contribution is -0.139. The van der Waals surface area contributed by atoms with E-state index < -0.39 is 23.4 Å². The van der Waals surface area contributed by atoms with Crippen molar-refractivity contribution in [2.45, 2.75) is 25.4 Å². The van der Waals surface area contributed by atoms with Crippen LogP contribution in [0.5, 0.6) is 0 Å². The van der Waals surface area contributed by atoms with Crippen LogP contribution in [0.2, 0.25) is 5.02 Å². The highest BCUT2D eigenvalue weighted by molar-refractivity contribution is 6.31. The van der Waals surface area contributed by atoms with Crippen molar-refractivity contribution in [1.29, 1.82) is 0 Å². The Hall–Kier alpha value is -2.90. The Morgan fingerprint density at radius 2 is 1.79 bits per heavy atom. The van der Waals surface area contributed by atoms with Gasteiger partial charge in [0.1, 0.15) is 5.54 Å². The standard InChI is InChI=1S/C21H23ClN4O3/c1-3-21(16-10-5-4-6-11-16)19(28)26(20(29)23-21)24-18(27)14-25(2)13-15-9-7-8-12-17(15)22/h4-12H,3,13-14H2,1-2H3,(H,23,29)(H,24,27)/t21-/m1/s1. The Labute approximate surface area is 174 Å². The minimum atomic E-state index is -1.19. The minimum absolute atomic E-state index is 0.00720. The van der Waals surface area contributed by atoms with Gasteiger partial charge in [0.2, 0.25) is 0 Å². The summed E-state index contributed by atoms with van der Waals surface area (Å²) in [5, 5.41) is 4.11. The van der Waals surface area contributed by atoms with Crippen LogP contribution in [-0.2, 0) is 21.7 Å². The van der Waals surface area contributed by atoms with Crippen LogP contribution in [-0.4, -0.2) is 41.3 Å². The number of nitrogens with one attached hydrogen (secondary N) is 2. The zero-order valence-corrected chi connectivity index (χ0v) is 17.1. The molecule has 1 atom stereocenters. The second-order valence-electron chi connectivity index (χ2n) is 6.99. The fourth-order valence-corrected chi connectivity index (χ4v) is 3.61. The van der Waals surface area contributed by atoms with Gasteiger partial charge in [0.25, 0.3) is 11.8 Å². The van der Waals surface area contributed by atoms with Gasteiger partial charge in [-0.15, -0.1) is 0 Å². The Morgan fingerprint density at radius 1 is 1.14 bits per heavy atom. The fraction of sp³-hybridized carbons (Fsp3) is 0.286. The van der Waals surface area contributed by atoms with Crippen molar-refractivity contribution < 1.29 is 14.4 Å². The summed E-state index contributed by atoms with van der Waals surface area (Å²) >= 11 is 6.15. The summed E-state index contributed by atoms with van der Waals surface area (Å²) in [5.41, 5.74) is 2.80. The topological polar surface area (TPSA) is 81.8 Å². The maximum absolute atomic E-state index is 13.0. The van der Waals surface area contributed by atoms with Gasteiger partial charge in [-0.05, 0) is 30.7 Å². The van der Waals surface area contributed by atoms with Crippen molar-refractivity contribution in [3.8, 4) is 0 Å². The van der Waals surface area contributed by atoms with Crippen molar-refractivity contribution in [3.63, 3.8) is 0 Å². The SMILES string of the molecule is CC[C@]1(c2ccccc2)NC(=O)N(NC(=O)CN(C)Cc2ccccc2Cl)C1=O. The van der Waals surface area contributed by atoms with Crippen LogP contribution >= 0.6 is 11.6 Å². The molecule has 3 rings (SSSR count). The molecule has 4 amide bonds. The molecule has 0 radical (unpaired) electrons. The van der Waals surface area contributed by atoms with E-state index in [1.165, 1.54) is 0 Å². The van der Waals surface area contributed by atoms with Crippen molar-refractivity contribution >= 4 is 29.4 Å². The molecule has 2 aromatic carbocycles. The number of halogens is 1. The first-order chi connectivity index (χ1) is 13.9. The lowest BCUT2D eigenvalue weighted by atomic mass is 9.87. The summed E-state index contributed by atoms with van der Waals surface area (Å²) in [4.78, 5) is 39.7. The van der Waals surface area contributed by atoms with Crippen molar-refractivity contribution in [2.75, 3.05) is 13.6 Å². The molecule has 29 heavy (non-hydrogen) atoms. The molecule has 1 aliphatic heterocycles. The largest absolute Gasteiger partial charge is 0.344 e. The van der Waals surface area contributed by atoms with Gasteiger partial charge < -0.3 is 5.32 Å². The number of carbonyl (C=O) groups is 3. The Balaban J connectivity index is 1.66. The number of likely N-dealkylation sites (N-methyl/N-ethyl adjacent to an activating group) is 1. The van der Waals surface area contributed by atoms with Crippen LogP contribution in [0.3, 0.4) is 0 Å².